The van der Waals surface area contributed by atoms with Crippen molar-refractivity contribution in [3.63, 3.8) is 0 Å². The molecule has 0 bridgehead atoms. The minimum Gasteiger partial charge on any atom is -0.461 e. The van der Waals surface area contributed by atoms with Crippen LogP contribution in [0.2, 0.25) is 0 Å². The zero-order chi connectivity index (χ0) is 52.2. The molecule has 0 saturated carbocycles. The van der Waals surface area contributed by atoms with Crippen molar-refractivity contribution in [3.05, 3.63) is 91.0 Å². The SMILES string of the molecule is CNCC(CN(CC(COC)OC=O)c1ccc(Oc2cc(Oc3ccc(N(CCOC(=O)OC)CC4CNC(=O)O4)cc3)cc(Oc3ccc(N(CC4COC(=O)O4)CC4COC(=O)O4)cc3)c2)cc1)OC=O. The molecule has 3 heterocycles. The van der Waals surface area contributed by atoms with Gasteiger partial charge in [-0.05, 0) is 79.8 Å². The van der Waals surface area contributed by atoms with Crippen LogP contribution >= 0.6 is 0 Å². The Morgan fingerprint density at radius 1 is 0.649 bits per heavy atom. The first-order valence-corrected chi connectivity index (χ1v) is 23.4. The molecule has 396 valence electrons. The van der Waals surface area contributed by atoms with Gasteiger partial charge in [0.05, 0.1) is 59.5 Å². The van der Waals surface area contributed by atoms with Crippen LogP contribution in [0.1, 0.15) is 0 Å². The van der Waals surface area contributed by atoms with Gasteiger partial charge in [0.25, 0.3) is 12.9 Å². The molecule has 4 aromatic rings. The Labute approximate surface area is 425 Å². The van der Waals surface area contributed by atoms with Gasteiger partial charge in [0.15, 0.2) is 12.2 Å². The van der Waals surface area contributed by atoms with Gasteiger partial charge in [-0.15, -0.1) is 0 Å². The number of carbonyl (C=O) groups is 6. The molecule has 24 nitrogen and oxygen atoms in total. The molecule has 5 atom stereocenters. The normalized spacial score (nSPS) is 17.4. The van der Waals surface area contributed by atoms with E-state index in [2.05, 4.69) is 15.4 Å². The van der Waals surface area contributed by atoms with Gasteiger partial charge >= 0.3 is 24.6 Å². The van der Waals surface area contributed by atoms with Gasteiger partial charge in [-0.25, -0.2) is 19.2 Å². The Balaban J connectivity index is 1.13. The van der Waals surface area contributed by atoms with Crippen LogP contribution in [0.4, 0.5) is 36.2 Å². The van der Waals surface area contributed by atoms with Crippen molar-refractivity contribution < 1.29 is 90.3 Å². The van der Waals surface area contributed by atoms with E-state index in [0.29, 0.717) is 78.5 Å². The van der Waals surface area contributed by atoms with Crippen molar-refractivity contribution in [2.24, 2.45) is 0 Å². The largest absolute Gasteiger partial charge is 0.508 e. The Bertz CT molecular complexity index is 2430. The molecule has 24 heteroatoms. The summed E-state index contributed by atoms with van der Waals surface area (Å²) in [5.41, 5.74) is 2.15. The standard InChI is InChI=1S/C50H57N5O19/c1-51-21-42(67-31-56)23-54(25-44(28-62-2)68-32-57)34-6-12-37(13-7-34)70-40-18-39(69-36-10-4-33(5-11-36)53(16-17-64-48(59)63-3)24-43-22-52-47(58)72-43)19-41(20-40)71-38-14-8-35(9-15-38)55(26-45-29-65-49(60)73-45)27-46-30-66-50(61)74-46/h4-15,18-20,31-32,42-46,51H,16-17,21-30H2,1-3H3,(H,52,58). The zero-order valence-corrected chi connectivity index (χ0v) is 40.8. The fourth-order valence-electron chi connectivity index (χ4n) is 8.03. The lowest BCUT2D eigenvalue weighted by Gasteiger charge is -2.31. The maximum absolute atomic E-state index is 11.8. The van der Waals surface area contributed by atoms with E-state index in [4.69, 9.17) is 56.8 Å². The molecule has 1 amide bonds. The van der Waals surface area contributed by atoms with E-state index in [1.165, 1.54) is 14.2 Å². The molecule has 0 radical (unpaired) electrons. The van der Waals surface area contributed by atoms with Crippen LogP contribution in [0, 0.1) is 0 Å². The van der Waals surface area contributed by atoms with Crippen molar-refractivity contribution in [3.8, 4) is 34.5 Å². The van der Waals surface area contributed by atoms with Crippen molar-refractivity contribution in [2.75, 3.05) is 115 Å². The van der Waals surface area contributed by atoms with Gasteiger partial charge in [-0.1, -0.05) is 0 Å². The summed E-state index contributed by atoms with van der Waals surface area (Å²) in [5.74, 6) is 2.35. The highest BCUT2D eigenvalue weighted by molar-refractivity contribution is 5.69. The highest BCUT2D eigenvalue weighted by atomic mass is 16.8. The van der Waals surface area contributed by atoms with Crippen LogP contribution < -0.4 is 39.5 Å². The van der Waals surface area contributed by atoms with Crippen molar-refractivity contribution in [1.29, 1.82) is 0 Å². The molecule has 2 N–H and O–H groups in total. The third-order valence-electron chi connectivity index (χ3n) is 11.4. The number of ether oxygens (including phenoxy) is 13. The van der Waals surface area contributed by atoms with E-state index in [-0.39, 0.29) is 59.2 Å². The fourth-order valence-corrected chi connectivity index (χ4v) is 8.03. The summed E-state index contributed by atoms with van der Waals surface area (Å²) in [5, 5.41) is 5.67. The maximum Gasteiger partial charge on any atom is 0.508 e. The van der Waals surface area contributed by atoms with Gasteiger partial charge in [0.1, 0.15) is 72.6 Å². The van der Waals surface area contributed by atoms with Crippen molar-refractivity contribution in [2.45, 2.75) is 30.5 Å². The second-order valence-corrected chi connectivity index (χ2v) is 16.7. The summed E-state index contributed by atoms with van der Waals surface area (Å²) in [7, 11) is 4.46. The van der Waals surface area contributed by atoms with Gasteiger partial charge < -0.3 is 86.9 Å². The van der Waals surface area contributed by atoms with E-state index in [1.807, 2.05) is 39.0 Å². The third kappa shape index (κ3) is 16.1. The Hall–Kier alpha value is -8.38. The second kappa shape index (κ2) is 26.9. The minimum atomic E-state index is -0.823. The van der Waals surface area contributed by atoms with E-state index in [0.717, 1.165) is 5.69 Å². The molecule has 7 rings (SSSR count). The minimum absolute atomic E-state index is 0.00923. The van der Waals surface area contributed by atoms with E-state index < -0.39 is 55.1 Å². The molecule has 4 aromatic carbocycles. The summed E-state index contributed by atoms with van der Waals surface area (Å²) in [6.45, 7) is 3.27. The molecular formula is C50H57N5O19. The number of hydrogen-bond acceptors (Lipinski definition) is 23. The predicted octanol–water partition coefficient (Wildman–Crippen LogP) is 5.39. The fraction of sp³-hybridized carbons (Fsp3) is 0.400. The van der Waals surface area contributed by atoms with Crippen LogP contribution in [-0.2, 0) is 57.0 Å². The zero-order valence-electron chi connectivity index (χ0n) is 40.8. The molecule has 3 aliphatic heterocycles. The second-order valence-electron chi connectivity index (χ2n) is 16.7. The van der Waals surface area contributed by atoms with Gasteiger partial charge in [0, 0.05) is 48.9 Å². The van der Waals surface area contributed by atoms with Gasteiger partial charge in [0.2, 0.25) is 0 Å². The summed E-state index contributed by atoms with van der Waals surface area (Å²) in [6, 6.07) is 26.4. The molecular weight excluding hydrogens is 975 g/mol. The third-order valence-corrected chi connectivity index (χ3v) is 11.4. The number of benzene rings is 4. The Morgan fingerprint density at radius 2 is 1.12 bits per heavy atom. The van der Waals surface area contributed by atoms with E-state index >= 15 is 0 Å². The number of rotatable bonds is 30. The number of cyclic esters (lactones) is 5. The number of amides is 1. The summed E-state index contributed by atoms with van der Waals surface area (Å²) < 4.78 is 70.8. The number of anilines is 3. The molecule has 5 unspecified atom stereocenters. The van der Waals surface area contributed by atoms with Crippen LogP contribution in [0.15, 0.2) is 91.0 Å². The number of alkyl carbamates (subject to hydrolysis) is 1. The lowest BCUT2D eigenvalue weighted by atomic mass is 10.2. The lowest BCUT2D eigenvalue weighted by Crippen LogP contribution is -2.44. The summed E-state index contributed by atoms with van der Waals surface area (Å²) >= 11 is 0. The predicted molar refractivity (Wildman–Crippen MR) is 259 cm³/mol. The number of likely N-dealkylation sites (N-methyl/N-ethyl adjacent to an activating group) is 1. The van der Waals surface area contributed by atoms with E-state index in [1.54, 1.807) is 73.8 Å². The Kier molecular flexibility index (Phi) is 19.4. The molecule has 0 aromatic heterocycles. The first kappa shape index (κ1) is 53.4. The number of carbonyl (C=O) groups excluding carboxylic acids is 6. The quantitative estimate of drug-likeness (QED) is 0.0377. The number of nitrogens with one attached hydrogen (secondary N) is 2. The van der Waals surface area contributed by atoms with E-state index in [9.17, 15) is 28.8 Å². The van der Waals surface area contributed by atoms with Crippen LogP contribution in [0.5, 0.6) is 34.5 Å². The van der Waals surface area contributed by atoms with Crippen molar-refractivity contribution >= 4 is 54.6 Å². The van der Waals surface area contributed by atoms with Crippen LogP contribution in [0.25, 0.3) is 0 Å². The lowest BCUT2D eigenvalue weighted by molar-refractivity contribution is -0.135. The summed E-state index contributed by atoms with van der Waals surface area (Å²) in [4.78, 5) is 75.3. The number of methoxy groups -OCH3 is 2. The molecule has 0 spiro atoms. The molecule has 3 aliphatic rings. The molecule has 74 heavy (non-hydrogen) atoms. The monoisotopic (exact) mass is 1030 g/mol. The highest BCUT2D eigenvalue weighted by Crippen LogP contribution is 2.37. The smallest absolute Gasteiger partial charge is 0.461 e. The van der Waals surface area contributed by atoms with Gasteiger partial charge in [-0.2, -0.15) is 0 Å². The molecule has 3 fully saturated rings. The number of hydrogen-bond donors (Lipinski definition) is 2. The topological polar surface area (TPSA) is 256 Å². The first-order valence-electron chi connectivity index (χ1n) is 23.4. The summed E-state index contributed by atoms with van der Waals surface area (Å²) in [6.07, 6.45) is -5.57. The number of nitrogens with zero attached hydrogens (tertiary/aromatic N) is 3. The molecule has 0 aliphatic carbocycles. The van der Waals surface area contributed by atoms with Crippen LogP contribution in [0.3, 0.4) is 0 Å². The van der Waals surface area contributed by atoms with Gasteiger partial charge in [-0.3, -0.25) is 9.59 Å². The maximum atomic E-state index is 11.8. The highest BCUT2D eigenvalue weighted by Gasteiger charge is 2.32. The average molecular weight is 1030 g/mol. The first-order chi connectivity index (χ1) is 36.0. The van der Waals surface area contributed by atoms with Crippen molar-refractivity contribution in [1.82, 2.24) is 10.6 Å². The average Bonchev–Trinajstić information content (AvgIpc) is 4.14. The van der Waals surface area contributed by atoms with Crippen LogP contribution in [-0.4, -0.2) is 168 Å². The Morgan fingerprint density at radius 3 is 1.55 bits per heavy atom. The molecule has 3 saturated heterocycles.